The van der Waals surface area contributed by atoms with Crippen molar-refractivity contribution in [3.63, 3.8) is 0 Å². The van der Waals surface area contributed by atoms with E-state index in [0.717, 1.165) is 22.3 Å². The molecule has 0 bridgehead atoms. The maximum absolute atomic E-state index is 14.2. The zero-order chi connectivity index (χ0) is 32.2. The first-order valence-electron chi connectivity index (χ1n) is 13.6. The third kappa shape index (κ3) is 7.26. The zero-order valence-electron chi connectivity index (χ0n) is 23.9. The highest BCUT2D eigenvalue weighted by Crippen LogP contribution is 2.44. The Morgan fingerprint density at radius 2 is 1.32 bits per heavy atom. The van der Waals surface area contributed by atoms with Gasteiger partial charge >= 0.3 is 18.2 Å². The summed E-state index contributed by atoms with van der Waals surface area (Å²) >= 11 is 0. The van der Waals surface area contributed by atoms with E-state index in [1.165, 1.54) is 0 Å². The summed E-state index contributed by atoms with van der Waals surface area (Å²) in [6.07, 6.45) is -2.15. The van der Waals surface area contributed by atoms with Gasteiger partial charge in [0, 0.05) is 12.5 Å². The Bertz CT molecular complexity index is 1500. The molecule has 3 aromatic carbocycles. The monoisotopic (exact) mass is 620 g/mol. The minimum absolute atomic E-state index is 0.000229. The SMILES string of the molecule is CC(C)(C)OC(=O)NCCCC(NC(=O)OCC1c2ccccc2-c2ccccc21)C(=O)Oc1c(F)c(F)c(F)c(F)c1F. The maximum Gasteiger partial charge on any atom is 0.407 e. The number of carbonyl (C=O) groups excluding carboxylic acids is 3. The number of ether oxygens (including phenoxy) is 3. The van der Waals surface area contributed by atoms with Crippen LogP contribution in [0.3, 0.4) is 0 Å². The van der Waals surface area contributed by atoms with Crippen molar-refractivity contribution in [2.24, 2.45) is 0 Å². The van der Waals surface area contributed by atoms with Crippen molar-refractivity contribution >= 4 is 18.2 Å². The lowest BCUT2D eigenvalue weighted by Gasteiger charge is -2.21. The summed E-state index contributed by atoms with van der Waals surface area (Å²) in [7, 11) is 0. The van der Waals surface area contributed by atoms with Crippen molar-refractivity contribution in [2.45, 2.75) is 51.2 Å². The number of rotatable bonds is 9. The van der Waals surface area contributed by atoms with Gasteiger partial charge in [-0.1, -0.05) is 48.5 Å². The number of esters is 1. The molecule has 4 rings (SSSR count). The van der Waals surface area contributed by atoms with E-state index in [4.69, 9.17) is 9.47 Å². The van der Waals surface area contributed by atoms with E-state index in [-0.39, 0.29) is 31.9 Å². The largest absolute Gasteiger partial charge is 0.449 e. The highest BCUT2D eigenvalue weighted by atomic mass is 19.2. The molecule has 1 aliphatic carbocycles. The molecule has 0 aliphatic heterocycles. The van der Waals surface area contributed by atoms with Gasteiger partial charge in [-0.25, -0.2) is 27.6 Å². The number of hydrogen-bond donors (Lipinski definition) is 2. The van der Waals surface area contributed by atoms with E-state index in [0.29, 0.717) is 0 Å². The summed E-state index contributed by atoms with van der Waals surface area (Å²) < 4.78 is 84.2. The summed E-state index contributed by atoms with van der Waals surface area (Å²) in [5.74, 6) is -15.5. The number of carbonyl (C=O) groups is 3. The van der Waals surface area contributed by atoms with Crippen LogP contribution in [-0.4, -0.2) is 43.0 Å². The Kier molecular flexibility index (Phi) is 9.75. The van der Waals surface area contributed by atoms with Crippen LogP contribution >= 0.6 is 0 Å². The van der Waals surface area contributed by atoms with Crippen LogP contribution in [0.4, 0.5) is 31.5 Å². The molecule has 1 aliphatic rings. The zero-order valence-corrected chi connectivity index (χ0v) is 23.9. The van der Waals surface area contributed by atoms with Crippen molar-refractivity contribution in [1.82, 2.24) is 10.6 Å². The topological polar surface area (TPSA) is 103 Å². The molecule has 13 heteroatoms. The fourth-order valence-electron chi connectivity index (χ4n) is 4.69. The molecule has 0 radical (unpaired) electrons. The van der Waals surface area contributed by atoms with Gasteiger partial charge in [0.05, 0.1) is 0 Å². The van der Waals surface area contributed by atoms with Gasteiger partial charge in [-0.15, -0.1) is 0 Å². The van der Waals surface area contributed by atoms with E-state index in [1.807, 2.05) is 48.5 Å². The Hall–Kier alpha value is -4.68. The van der Waals surface area contributed by atoms with E-state index in [2.05, 4.69) is 15.4 Å². The van der Waals surface area contributed by atoms with Crippen LogP contribution < -0.4 is 15.4 Å². The van der Waals surface area contributed by atoms with Gasteiger partial charge in [0.15, 0.2) is 0 Å². The number of amides is 2. The van der Waals surface area contributed by atoms with Gasteiger partial charge in [0.1, 0.15) is 18.2 Å². The lowest BCUT2D eigenvalue weighted by atomic mass is 9.98. The summed E-state index contributed by atoms with van der Waals surface area (Å²) in [5.41, 5.74) is 2.99. The molecule has 8 nitrogen and oxygen atoms in total. The Morgan fingerprint density at radius 3 is 1.86 bits per heavy atom. The molecule has 3 aromatic rings. The highest BCUT2D eigenvalue weighted by Gasteiger charge is 2.33. The van der Waals surface area contributed by atoms with E-state index < -0.39 is 64.6 Å². The molecule has 2 amide bonds. The van der Waals surface area contributed by atoms with Crippen molar-refractivity contribution < 1.29 is 50.5 Å². The van der Waals surface area contributed by atoms with Crippen LogP contribution in [0.25, 0.3) is 11.1 Å². The van der Waals surface area contributed by atoms with Crippen molar-refractivity contribution in [2.75, 3.05) is 13.2 Å². The molecule has 0 fully saturated rings. The van der Waals surface area contributed by atoms with E-state index in [1.54, 1.807) is 20.8 Å². The van der Waals surface area contributed by atoms with Crippen LogP contribution in [-0.2, 0) is 14.3 Å². The summed E-state index contributed by atoms with van der Waals surface area (Å²) in [5, 5.41) is 4.67. The molecule has 0 saturated heterocycles. The molecule has 1 unspecified atom stereocenters. The second kappa shape index (κ2) is 13.3. The van der Waals surface area contributed by atoms with Crippen molar-refractivity contribution in [1.29, 1.82) is 0 Å². The fourth-order valence-corrected chi connectivity index (χ4v) is 4.69. The van der Waals surface area contributed by atoms with Gasteiger partial charge in [-0.3, -0.25) is 0 Å². The molecular formula is C31H29F5N2O6. The number of benzene rings is 3. The average Bonchev–Trinajstić information content (AvgIpc) is 3.30. The van der Waals surface area contributed by atoms with Gasteiger partial charge < -0.3 is 24.8 Å². The van der Waals surface area contributed by atoms with Crippen LogP contribution in [0.15, 0.2) is 48.5 Å². The number of alkyl carbamates (subject to hydrolysis) is 2. The lowest BCUT2D eigenvalue weighted by molar-refractivity contribution is -0.137. The number of hydrogen-bond acceptors (Lipinski definition) is 6. The standard InChI is InChI=1S/C31H29F5N2O6/c1-31(2,3)44-29(40)37-14-8-13-21(28(39)43-27-25(35)23(33)22(32)24(34)26(27)36)38-30(41)42-15-20-18-11-6-4-9-16(18)17-10-5-7-12-19(17)20/h4-7,9-12,20-21H,8,13-15H2,1-3H3,(H,37,40)(H,38,41). The minimum atomic E-state index is -2.43. The Balaban J connectivity index is 1.46. The third-order valence-corrected chi connectivity index (χ3v) is 6.63. The quantitative estimate of drug-likeness (QED) is 0.0707. The molecular weight excluding hydrogens is 591 g/mol. The molecule has 0 heterocycles. The molecule has 0 saturated carbocycles. The van der Waals surface area contributed by atoms with Crippen LogP contribution in [0, 0.1) is 29.1 Å². The van der Waals surface area contributed by atoms with E-state index >= 15 is 0 Å². The smallest absolute Gasteiger partial charge is 0.407 e. The maximum atomic E-state index is 14.2. The third-order valence-electron chi connectivity index (χ3n) is 6.63. The number of nitrogens with one attached hydrogen (secondary N) is 2. The Morgan fingerprint density at radius 1 is 0.795 bits per heavy atom. The highest BCUT2D eigenvalue weighted by molar-refractivity contribution is 5.83. The van der Waals surface area contributed by atoms with Gasteiger partial charge in [-0.05, 0) is 55.9 Å². The second-order valence-electron chi connectivity index (χ2n) is 10.9. The summed E-state index contributed by atoms with van der Waals surface area (Å²) in [4.78, 5) is 37.6. The number of fused-ring (bicyclic) bond motifs is 3. The first kappa shape index (κ1) is 32.2. The first-order chi connectivity index (χ1) is 20.8. The first-order valence-corrected chi connectivity index (χ1v) is 13.6. The average molecular weight is 621 g/mol. The van der Waals surface area contributed by atoms with Gasteiger partial charge in [0.2, 0.25) is 34.8 Å². The molecule has 1 atom stereocenters. The minimum Gasteiger partial charge on any atom is -0.449 e. The van der Waals surface area contributed by atoms with Gasteiger partial charge in [0.25, 0.3) is 0 Å². The summed E-state index contributed by atoms with van der Waals surface area (Å²) in [6.45, 7) is 4.75. The van der Waals surface area contributed by atoms with Crippen molar-refractivity contribution in [3.05, 3.63) is 88.7 Å². The number of halogens is 5. The van der Waals surface area contributed by atoms with Crippen molar-refractivity contribution in [3.8, 4) is 16.9 Å². The normalized spacial score (nSPS) is 13.0. The predicted molar refractivity (Wildman–Crippen MR) is 147 cm³/mol. The lowest BCUT2D eigenvalue weighted by Crippen LogP contribution is -2.44. The summed E-state index contributed by atoms with van der Waals surface area (Å²) in [6, 6.07) is 13.4. The van der Waals surface area contributed by atoms with Crippen LogP contribution in [0.5, 0.6) is 5.75 Å². The van der Waals surface area contributed by atoms with Crippen LogP contribution in [0.2, 0.25) is 0 Å². The van der Waals surface area contributed by atoms with Crippen LogP contribution in [0.1, 0.15) is 50.7 Å². The van der Waals surface area contributed by atoms with Gasteiger partial charge in [-0.2, -0.15) is 8.78 Å². The van der Waals surface area contributed by atoms with E-state index in [9.17, 15) is 36.3 Å². The predicted octanol–water partition coefficient (Wildman–Crippen LogP) is 6.50. The molecule has 234 valence electrons. The second-order valence-corrected chi connectivity index (χ2v) is 10.9. The fraction of sp³-hybridized carbons (Fsp3) is 0.323. The molecule has 44 heavy (non-hydrogen) atoms. The molecule has 0 spiro atoms. The molecule has 2 N–H and O–H groups in total. The molecule has 0 aromatic heterocycles. The Labute approximate surface area is 249 Å².